The summed E-state index contributed by atoms with van der Waals surface area (Å²) in [6.45, 7) is 2.26. The van der Waals surface area contributed by atoms with Crippen LogP contribution in [0.25, 0.3) is 10.8 Å². The maximum absolute atomic E-state index is 12.8. The van der Waals surface area contributed by atoms with Crippen molar-refractivity contribution in [2.75, 3.05) is 0 Å². The molecule has 0 atom stereocenters. The Kier molecular flexibility index (Phi) is 14.3. The second-order valence-electron chi connectivity index (χ2n) is 10.4. The number of ether oxygens (including phenoxy) is 1. The predicted molar refractivity (Wildman–Crippen MR) is 166 cm³/mol. The van der Waals surface area contributed by atoms with E-state index in [2.05, 4.69) is 17.5 Å². The van der Waals surface area contributed by atoms with E-state index in [1.807, 2.05) is 30.3 Å². The molecular formula is C34H43ClN2O3. The molecule has 0 aromatic heterocycles. The fraction of sp³-hybridized carbons (Fsp3) is 0.441. The predicted octanol–water partition coefficient (Wildman–Crippen LogP) is 9.64. The molecule has 214 valence electrons. The Balaban J connectivity index is 1.42. The molecule has 1 N–H and O–H groups in total. The minimum absolute atomic E-state index is 0.117. The van der Waals surface area contributed by atoms with Crippen molar-refractivity contribution >= 4 is 40.5 Å². The molecule has 40 heavy (non-hydrogen) atoms. The minimum Gasteiger partial charge on any atom is -0.422 e. The summed E-state index contributed by atoms with van der Waals surface area (Å²) >= 11 is 6.18. The summed E-state index contributed by atoms with van der Waals surface area (Å²) in [6.07, 6.45) is 18.5. The Morgan fingerprint density at radius 2 is 1.38 bits per heavy atom. The van der Waals surface area contributed by atoms with E-state index in [4.69, 9.17) is 16.3 Å². The second kappa shape index (κ2) is 18.2. The number of fused-ring (bicyclic) bond motifs is 1. The Hall–Kier alpha value is -3.18. The molecule has 0 saturated carbocycles. The van der Waals surface area contributed by atoms with Crippen LogP contribution in [-0.2, 0) is 4.79 Å². The highest BCUT2D eigenvalue weighted by Gasteiger charge is 2.15. The van der Waals surface area contributed by atoms with E-state index < -0.39 is 5.97 Å². The van der Waals surface area contributed by atoms with E-state index in [1.54, 1.807) is 36.5 Å². The largest absolute Gasteiger partial charge is 0.422 e. The quantitative estimate of drug-likeness (QED) is 0.0551. The third-order valence-electron chi connectivity index (χ3n) is 7.12. The van der Waals surface area contributed by atoms with Crippen molar-refractivity contribution in [3.8, 4) is 5.75 Å². The number of carbonyl (C=O) groups is 2. The van der Waals surface area contributed by atoms with Crippen LogP contribution in [0.5, 0.6) is 5.75 Å². The average molecular weight is 563 g/mol. The Labute approximate surface area is 244 Å². The lowest BCUT2D eigenvalue weighted by Crippen LogP contribution is -2.17. The van der Waals surface area contributed by atoms with Crippen LogP contribution in [0, 0.1) is 0 Å². The molecule has 5 nitrogen and oxygen atoms in total. The van der Waals surface area contributed by atoms with Gasteiger partial charge in [-0.25, -0.2) is 10.2 Å². The van der Waals surface area contributed by atoms with Gasteiger partial charge in [-0.05, 0) is 35.4 Å². The maximum atomic E-state index is 12.8. The summed E-state index contributed by atoms with van der Waals surface area (Å²) in [5, 5.41) is 6.35. The second-order valence-corrected chi connectivity index (χ2v) is 10.8. The van der Waals surface area contributed by atoms with E-state index in [0.29, 0.717) is 22.8 Å². The van der Waals surface area contributed by atoms with Crippen LogP contribution in [0.4, 0.5) is 0 Å². The first kappa shape index (κ1) is 31.3. The van der Waals surface area contributed by atoms with Crippen LogP contribution in [0.15, 0.2) is 65.8 Å². The van der Waals surface area contributed by atoms with Gasteiger partial charge in [0, 0.05) is 12.0 Å². The fourth-order valence-corrected chi connectivity index (χ4v) is 5.02. The van der Waals surface area contributed by atoms with Gasteiger partial charge >= 0.3 is 5.97 Å². The highest BCUT2D eigenvalue weighted by atomic mass is 35.5. The van der Waals surface area contributed by atoms with Gasteiger partial charge in [0.15, 0.2) is 0 Å². The normalized spacial score (nSPS) is 11.2. The lowest BCUT2D eigenvalue weighted by atomic mass is 10.0. The Bertz CT molecular complexity index is 1240. The minimum atomic E-state index is -0.554. The summed E-state index contributed by atoms with van der Waals surface area (Å²) in [6, 6.07) is 18.1. The Morgan fingerprint density at radius 1 is 0.775 bits per heavy atom. The van der Waals surface area contributed by atoms with Crippen molar-refractivity contribution in [3.05, 3.63) is 76.8 Å². The number of carbonyl (C=O) groups excluding carboxylic acids is 2. The third-order valence-corrected chi connectivity index (χ3v) is 7.45. The summed E-state index contributed by atoms with van der Waals surface area (Å²) in [4.78, 5) is 25.1. The summed E-state index contributed by atoms with van der Waals surface area (Å²) in [5.41, 5.74) is 3.52. The zero-order valence-electron chi connectivity index (χ0n) is 23.8. The molecule has 0 bridgehead atoms. The molecule has 6 heteroatoms. The Morgan fingerprint density at radius 3 is 2.05 bits per heavy atom. The van der Waals surface area contributed by atoms with Gasteiger partial charge in [0.1, 0.15) is 5.75 Å². The summed E-state index contributed by atoms with van der Waals surface area (Å²) in [7, 11) is 0. The van der Waals surface area contributed by atoms with Gasteiger partial charge in [-0.2, -0.15) is 5.10 Å². The number of nitrogens with one attached hydrogen (secondary N) is 1. The van der Waals surface area contributed by atoms with E-state index in [0.717, 1.165) is 23.6 Å². The monoisotopic (exact) mass is 562 g/mol. The van der Waals surface area contributed by atoms with Crippen LogP contribution in [-0.4, -0.2) is 18.1 Å². The molecule has 0 unspecified atom stereocenters. The van der Waals surface area contributed by atoms with E-state index in [1.165, 1.54) is 70.6 Å². The number of rotatable bonds is 18. The summed E-state index contributed by atoms with van der Waals surface area (Å²) < 4.78 is 5.70. The molecule has 0 spiro atoms. The first-order valence-corrected chi connectivity index (χ1v) is 15.3. The molecule has 0 aliphatic carbocycles. The highest BCUT2D eigenvalue weighted by molar-refractivity contribution is 6.33. The van der Waals surface area contributed by atoms with Gasteiger partial charge in [0.25, 0.3) is 0 Å². The van der Waals surface area contributed by atoms with Gasteiger partial charge in [0.05, 0.1) is 16.8 Å². The van der Waals surface area contributed by atoms with Crippen LogP contribution in [0.2, 0.25) is 5.02 Å². The van der Waals surface area contributed by atoms with E-state index >= 15 is 0 Å². The number of unbranched alkanes of at least 4 members (excludes halogenated alkanes) is 12. The molecule has 0 fully saturated rings. The molecular weight excluding hydrogens is 520 g/mol. The standard InChI is InChI=1S/C34H43ClN2O3/c1-2-3-4-5-6-7-8-9-10-11-12-13-14-23-33(38)37-36-26-30-28-20-16-15-19-27(28)24-25-32(30)40-34(39)29-21-17-18-22-31(29)35/h15-22,24-26H,2-14,23H2,1H3,(H,37,38)/b36-26-. The van der Waals surface area contributed by atoms with Gasteiger partial charge < -0.3 is 4.74 Å². The molecule has 0 radical (unpaired) electrons. The van der Waals surface area contributed by atoms with E-state index in [9.17, 15) is 9.59 Å². The van der Waals surface area contributed by atoms with Gasteiger partial charge in [-0.1, -0.05) is 138 Å². The van der Waals surface area contributed by atoms with Crippen LogP contribution < -0.4 is 10.2 Å². The molecule has 0 saturated heterocycles. The molecule has 3 aromatic carbocycles. The molecule has 3 rings (SSSR count). The van der Waals surface area contributed by atoms with Crippen molar-refractivity contribution in [1.29, 1.82) is 0 Å². The number of nitrogens with zero attached hydrogens (tertiary/aromatic N) is 1. The summed E-state index contributed by atoms with van der Waals surface area (Å²) in [5.74, 6) is -0.325. The SMILES string of the molecule is CCCCCCCCCCCCCCCC(=O)N/N=C\c1c(OC(=O)c2ccccc2Cl)ccc2ccccc12. The molecule has 1 amide bonds. The lowest BCUT2D eigenvalue weighted by molar-refractivity contribution is -0.121. The number of hydrogen-bond acceptors (Lipinski definition) is 4. The van der Waals surface area contributed by atoms with Crippen molar-refractivity contribution in [2.45, 2.75) is 96.8 Å². The van der Waals surface area contributed by atoms with Gasteiger partial charge in [-0.15, -0.1) is 0 Å². The van der Waals surface area contributed by atoms with Crippen molar-refractivity contribution in [1.82, 2.24) is 5.43 Å². The van der Waals surface area contributed by atoms with Crippen molar-refractivity contribution in [2.24, 2.45) is 5.10 Å². The smallest absolute Gasteiger partial charge is 0.345 e. The van der Waals surface area contributed by atoms with Crippen LogP contribution >= 0.6 is 11.6 Å². The number of halogens is 1. The van der Waals surface area contributed by atoms with Gasteiger partial charge in [-0.3, -0.25) is 4.79 Å². The fourth-order valence-electron chi connectivity index (χ4n) is 4.81. The molecule has 0 aliphatic rings. The zero-order chi connectivity index (χ0) is 28.4. The number of hydrazone groups is 1. The molecule has 0 heterocycles. The van der Waals surface area contributed by atoms with Crippen LogP contribution in [0.1, 0.15) is 113 Å². The molecule has 0 aliphatic heterocycles. The number of benzene rings is 3. The van der Waals surface area contributed by atoms with E-state index in [-0.39, 0.29) is 11.5 Å². The topological polar surface area (TPSA) is 67.8 Å². The first-order chi connectivity index (χ1) is 19.6. The third kappa shape index (κ3) is 10.8. The highest BCUT2D eigenvalue weighted by Crippen LogP contribution is 2.28. The van der Waals surface area contributed by atoms with Crippen molar-refractivity contribution in [3.63, 3.8) is 0 Å². The zero-order valence-corrected chi connectivity index (χ0v) is 24.6. The lowest BCUT2D eigenvalue weighted by Gasteiger charge is -2.11. The number of amides is 1. The molecule has 3 aromatic rings. The number of hydrogen-bond donors (Lipinski definition) is 1. The first-order valence-electron chi connectivity index (χ1n) is 14.9. The van der Waals surface area contributed by atoms with Crippen LogP contribution in [0.3, 0.4) is 0 Å². The van der Waals surface area contributed by atoms with Crippen molar-refractivity contribution < 1.29 is 14.3 Å². The average Bonchev–Trinajstić information content (AvgIpc) is 2.96. The van der Waals surface area contributed by atoms with Gasteiger partial charge in [0.2, 0.25) is 5.91 Å². The maximum Gasteiger partial charge on any atom is 0.345 e. The number of esters is 1.